The molecular weight excluding hydrogens is 260 g/mol. The van der Waals surface area contributed by atoms with Gasteiger partial charge in [-0.1, -0.05) is 30.3 Å². The lowest BCUT2D eigenvalue weighted by atomic mass is 9.96. The highest BCUT2D eigenvalue weighted by Gasteiger charge is 2.44. The standard InChI is InChI=1S/C15H22N2O.ClH/c1-12(16)7-8-14(18)17-11-15(9-10-15)13-5-3-2-4-6-13;/h2-6,12H,7-11,16H2,1H3,(H,17,18);1H. The molecule has 0 bridgehead atoms. The van der Waals surface area contributed by atoms with E-state index in [4.69, 9.17) is 5.73 Å². The summed E-state index contributed by atoms with van der Waals surface area (Å²) in [4.78, 5) is 11.7. The average Bonchev–Trinajstić information content (AvgIpc) is 3.16. The Labute approximate surface area is 121 Å². The van der Waals surface area contributed by atoms with Crippen molar-refractivity contribution in [3.8, 4) is 0 Å². The Kier molecular flexibility index (Phi) is 5.83. The molecule has 2 rings (SSSR count). The summed E-state index contributed by atoms with van der Waals surface area (Å²) < 4.78 is 0. The lowest BCUT2D eigenvalue weighted by Gasteiger charge is -2.16. The fourth-order valence-electron chi connectivity index (χ4n) is 2.23. The van der Waals surface area contributed by atoms with Crippen LogP contribution in [0.3, 0.4) is 0 Å². The van der Waals surface area contributed by atoms with E-state index in [0.29, 0.717) is 6.42 Å². The molecule has 1 aromatic carbocycles. The predicted octanol–water partition coefficient (Wildman–Crippen LogP) is 2.38. The zero-order valence-corrected chi connectivity index (χ0v) is 12.2. The highest BCUT2D eigenvalue weighted by molar-refractivity contribution is 5.85. The van der Waals surface area contributed by atoms with Crippen LogP contribution < -0.4 is 11.1 Å². The minimum atomic E-state index is 0. The van der Waals surface area contributed by atoms with Crippen molar-refractivity contribution in [3.05, 3.63) is 35.9 Å². The van der Waals surface area contributed by atoms with Gasteiger partial charge in [0.25, 0.3) is 0 Å². The van der Waals surface area contributed by atoms with Crippen LogP contribution in [0.15, 0.2) is 30.3 Å². The third kappa shape index (κ3) is 4.51. The lowest BCUT2D eigenvalue weighted by molar-refractivity contribution is -0.121. The van der Waals surface area contributed by atoms with Gasteiger partial charge < -0.3 is 11.1 Å². The first kappa shape index (κ1) is 16.0. The first-order chi connectivity index (χ1) is 8.62. The molecule has 4 heteroatoms. The zero-order chi connectivity index (χ0) is 13.0. The number of hydrogen-bond acceptors (Lipinski definition) is 2. The molecule has 0 aromatic heterocycles. The number of carbonyl (C=O) groups excluding carboxylic acids is 1. The number of halogens is 1. The van der Waals surface area contributed by atoms with E-state index < -0.39 is 0 Å². The molecule has 1 aliphatic carbocycles. The number of amides is 1. The van der Waals surface area contributed by atoms with Crippen LogP contribution in [-0.4, -0.2) is 18.5 Å². The largest absolute Gasteiger partial charge is 0.355 e. The second-order valence-electron chi connectivity index (χ2n) is 5.44. The number of nitrogens with one attached hydrogen (secondary N) is 1. The van der Waals surface area contributed by atoms with E-state index >= 15 is 0 Å². The maximum Gasteiger partial charge on any atom is 0.220 e. The summed E-state index contributed by atoms with van der Waals surface area (Å²) in [6.07, 6.45) is 3.63. The Morgan fingerprint density at radius 2 is 2.00 bits per heavy atom. The fraction of sp³-hybridized carbons (Fsp3) is 0.533. The number of hydrogen-bond donors (Lipinski definition) is 2. The van der Waals surface area contributed by atoms with Crippen molar-refractivity contribution in [1.82, 2.24) is 5.32 Å². The van der Waals surface area contributed by atoms with E-state index in [-0.39, 0.29) is 29.8 Å². The molecule has 106 valence electrons. The summed E-state index contributed by atoms with van der Waals surface area (Å²) in [7, 11) is 0. The molecule has 1 saturated carbocycles. The summed E-state index contributed by atoms with van der Waals surface area (Å²) in [6, 6.07) is 10.6. The third-order valence-corrected chi connectivity index (χ3v) is 3.69. The van der Waals surface area contributed by atoms with E-state index in [1.165, 1.54) is 18.4 Å². The van der Waals surface area contributed by atoms with Crippen molar-refractivity contribution in [1.29, 1.82) is 0 Å². The minimum Gasteiger partial charge on any atom is -0.355 e. The van der Waals surface area contributed by atoms with Crippen LogP contribution in [-0.2, 0) is 10.2 Å². The second kappa shape index (κ2) is 6.92. The molecule has 0 radical (unpaired) electrons. The van der Waals surface area contributed by atoms with Gasteiger partial charge in [-0.2, -0.15) is 0 Å². The molecule has 1 unspecified atom stereocenters. The molecule has 3 nitrogen and oxygen atoms in total. The maximum absolute atomic E-state index is 11.7. The summed E-state index contributed by atoms with van der Waals surface area (Å²) in [6.45, 7) is 2.69. The van der Waals surface area contributed by atoms with Crippen LogP contribution in [0.25, 0.3) is 0 Å². The van der Waals surface area contributed by atoms with E-state index in [9.17, 15) is 4.79 Å². The van der Waals surface area contributed by atoms with Crippen molar-refractivity contribution >= 4 is 18.3 Å². The van der Waals surface area contributed by atoms with Gasteiger partial charge in [-0.05, 0) is 31.7 Å². The van der Waals surface area contributed by atoms with Gasteiger partial charge in [-0.15, -0.1) is 12.4 Å². The second-order valence-corrected chi connectivity index (χ2v) is 5.44. The van der Waals surface area contributed by atoms with Crippen LogP contribution in [0, 0.1) is 0 Å². The highest BCUT2D eigenvalue weighted by Crippen LogP contribution is 2.47. The Morgan fingerprint density at radius 3 is 2.53 bits per heavy atom. The molecule has 1 aliphatic rings. The molecule has 0 aliphatic heterocycles. The smallest absolute Gasteiger partial charge is 0.220 e. The van der Waals surface area contributed by atoms with Crippen LogP contribution in [0.5, 0.6) is 0 Å². The van der Waals surface area contributed by atoms with Crippen LogP contribution >= 0.6 is 12.4 Å². The number of benzene rings is 1. The molecule has 0 saturated heterocycles. The molecule has 1 amide bonds. The number of carbonyl (C=O) groups is 1. The first-order valence-electron chi connectivity index (χ1n) is 6.70. The van der Waals surface area contributed by atoms with Crippen molar-refractivity contribution in [2.75, 3.05) is 6.54 Å². The van der Waals surface area contributed by atoms with E-state index in [1.807, 2.05) is 13.0 Å². The van der Waals surface area contributed by atoms with Gasteiger partial charge in [-0.25, -0.2) is 0 Å². The summed E-state index contributed by atoms with van der Waals surface area (Å²) in [5, 5.41) is 3.04. The van der Waals surface area contributed by atoms with Gasteiger partial charge >= 0.3 is 0 Å². The normalized spacial score (nSPS) is 17.2. The van der Waals surface area contributed by atoms with Gasteiger partial charge in [0.2, 0.25) is 5.91 Å². The Balaban J connectivity index is 0.00000180. The van der Waals surface area contributed by atoms with Crippen molar-refractivity contribution in [3.63, 3.8) is 0 Å². The van der Waals surface area contributed by atoms with Crippen molar-refractivity contribution in [2.45, 2.75) is 44.1 Å². The average molecular weight is 283 g/mol. The molecule has 0 heterocycles. The molecule has 1 fully saturated rings. The monoisotopic (exact) mass is 282 g/mol. The highest BCUT2D eigenvalue weighted by atomic mass is 35.5. The summed E-state index contributed by atoms with van der Waals surface area (Å²) >= 11 is 0. The van der Waals surface area contributed by atoms with Gasteiger partial charge in [0, 0.05) is 24.4 Å². The van der Waals surface area contributed by atoms with Gasteiger partial charge in [-0.3, -0.25) is 4.79 Å². The van der Waals surface area contributed by atoms with Gasteiger partial charge in [0.05, 0.1) is 0 Å². The summed E-state index contributed by atoms with van der Waals surface area (Å²) in [5.74, 6) is 0.120. The minimum absolute atomic E-state index is 0. The number of nitrogens with two attached hydrogens (primary N) is 1. The fourth-order valence-corrected chi connectivity index (χ4v) is 2.23. The van der Waals surface area contributed by atoms with E-state index in [0.717, 1.165) is 13.0 Å². The van der Waals surface area contributed by atoms with Gasteiger partial charge in [0.15, 0.2) is 0 Å². The van der Waals surface area contributed by atoms with Crippen LogP contribution in [0.1, 0.15) is 38.2 Å². The molecule has 19 heavy (non-hydrogen) atoms. The molecule has 1 atom stereocenters. The topological polar surface area (TPSA) is 55.1 Å². The molecular formula is C15H23ClN2O. The summed E-state index contributed by atoms with van der Waals surface area (Å²) in [5.41, 5.74) is 7.19. The molecule has 1 aromatic rings. The van der Waals surface area contributed by atoms with Crippen molar-refractivity contribution < 1.29 is 4.79 Å². The first-order valence-corrected chi connectivity index (χ1v) is 6.70. The molecule has 0 spiro atoms. The van der Waals surface area contributed by atoms with Gasteiger partial charge in [0.1, 0.15) is 0 Å². The van der Waals surface area contributed by atoms with Crippen LogP contribution in [0.4, 0.5) is 0 Å². The Bertz CT molecular complexity index is 402. The Hall–Kier alpha value is -1.06. The Morgan fingerprint density at radius 1 is 1.37 bits per heavy atom. The van der Waals surface area contributed by atoms with Crippen molar-refractivity contribution in [2.24, 2.45) is 5.73 Å². The van der Waals surface area contributed by atoms with E-state index in [1.54, 1.807) is 0 Å². The van der Waals surface area contributed by atoms with E-state index in [2.05, 4.69) is 29.6 Å². The number of rotatable bonds is 6. The zero-order valence-electron chi connectivity index (χ0n) is 11.4. The lowest BCUT2D eigenvalue weighted by Crippen LogP contribution is -2.33. The van der Waals surface area contributed by atoms with Crippen LogP contribution in [0.2, 0.25) is 0 Å². The third-order valence-electron chi connectivity index (χ3n) is 3.69. The quantitative estimate of drug-likeness (QED) is 0.842. The molecule has 3 N–H and O–H groups in total. The maximum atomic E-state index is 11.7. The SMILES string of the molecule is CC(N)CCC(=O)NCC1(c2ccccc2)CC1.Cl. The predicted molar refractivity (Wildman–Crippen MR) is 80.5 cm³/mol.